The quantitative estimate of drug-likeness (QED) is 0.0155. The number of aliphatic hydroxyl groups excluding tert-OH is 1. The average Bonchev–Trinajstić information content (AvgIpc) is 4.15. The van der Waals surface area contributed by atoms with E-state index in [1.165, 1.54) is 43.7 Å². The van der Waals surface area contributed by atoms with Crippen LogP contribution in [-0.4, -0.2) is 181 Å². The third-order valence-electron chi connectivity index (χ3n) is 13.0. The molecule has 8 amide bonds. The number of benzene rings is 2. The molecule has 81 heavy (non-hydrogen) atoms. The number of carbonyl (C=O) groups is 10. The van der Waals surface area contributed by atoms with Crippen molar-refractivity contribution in [2.75, 3.05) is 26.2 Å². The van der Waals surface area contributed by atoms with E-state index in [9.17, 15) is 63.3 Å². The lowest BCUT2D eigenvalue weighted by Crippen LogP contribution is -2.62. The van der Waals surface area contributed by atoms with Gasteiger partial charge in [0.25, 0.3) is 0 Å². The summed E-state index contributed by atoms with van der Waals surface area (Å²) >= 11 is 0. The molecule has 1 saturated heterocycles. The van der Waals surface area contributed by atoms with E-state index in [4.69, 9.17) is 27.7 Å². The van der Waals surface area contributed by atoms with Crippen LogP contribution in [0.5, 0.6) is 5.75 Å². The molecule has 0 unspecified atom stereocenters. The maximum Gasteiger partial charge on any atom is 0.326 e. The van der Waals surface area contributed by atoms with Gasteiger partial charge in [-0.25, -0.2) is 9.78 Å². The fraction of sp³-hybridized carbons (Fsp3) is 0.500. The minimum absolute atomic E-state index is 0.0279. The highest BCUT2D eigenvalue weighted by atomic mass is 16.4. The monoisotopic (exact) mass is 1130 g/mol. The van der Waals surface area contributed by atoms with E-state index in [2.05, 4.69) is 52.5 Å². The number of phenols is 1. The van der Waals surface area contributed by atoms with Crippen molar-refractivity contribution in [3.63, 3.8) is 0 Å². The third-order valence-corrected chi connectivity index (χ3v) is 13.0. The minimum atomic E-state index is -1.69. The number of aromatic nitrogens is 2. The Balaban J connectivity index is 1.57. The highest BCUT2D eigenvalue weighted by Crippen LogP contribution is 2.21. The maximum atomic E-state index is 14.6. The average molecular weight is 1130 g/mol. The first-order valence-electron chi connectivity index (χ1n) is 26.4. The molecular weight excluding hydrogens is 1060 g/mol. The summed E-state index contributed by atoms with van der Waals surface area (Å²) in [5.74, 6) is -9.93. The van der Waals surface area contributed by atoms with Crippen molar-refractivity contribution in [3.05, 3.63) is 83.9 Å². The van der Waals surface area contributed by atoms with Gasteiger partial charge in [0.15, 0.2) is 5.96 Å². The highest BCUT2D eigenvalue weighted by molar-refractivity contribution is 5.98. The normalized spacial score (nSPS) is 15.9. The molecule has 0 aliphatic carbocycles. The summed E-state index contributed by atoms with van der Waals surface area (Å²) in [7, 11) is 0. The van der Waals surface area contributed by atoms with Gasteiger partial charge >= 0.3 is 11.9 Å². The number of aliphatic hydroxyl groups is 1. The van der Waals surface area contributed by atoms with Crippen LogP contribution in [0.1, 0.15) is 81.5 Å². The number of phenolic OH excluding ortho intramolecular Hbond substituents is 1. The Morgan fingerprint density at radius 3 is 1.93 bits per heavy atom. The second kappa shape index (κ2) is 33.0. The number of unbranched alkanes of at least 4 members (excludes halogenated alkanes) is 1. The number of carbonyl (C=O) groups excluding carboxylic acids is 8. The molecule has 29 nitrogen and oxygen atoms in total. The molecule has 442 valence electrons. The molecule has 9 atom stereocenters. The molecule has 1 aromatic heterocycles. The maximum absolute atomic E-state index is 14.6. The number of guanidine groups is 1. The van der Waals surface area contributed by atoms with E-state index in [0.717, 1.165) is 4.90 Å². The molecule has 1 fully saturated rings. The number of nitrogens with two attached hydrogens (primary N) is 3. The summed E-state index contributed by atoms with van der Waals surface area (Å²) in [6.45, 7) is 0.980. The number of H-pyrrole nitrogens is 1. The van der Waals surface area contributed by atoms with Crippen molar-refractivity contribution in [2.45, 2.75) is 138 Å². The predicted molar refractivity (Wildman–Crippen MR) is 290 cm³/mol. The van der Waals surface area contributed by atoms with Gasteiger partial charge in [-0.3, -0.25) is 48.6 Å². The standard InChI is InChI=1S/C52H75N15O14/c1-29(68)43(50(79)67-22-8-13-40(67)49(78)63-36(51(80)81)11-5-6-20-53)66-48(77)38(24-31-14-16-33(69)17-15-31)64-47(76)39(25-32-26-57-28-60-32)65-46(75)37(23-30-9-3-2-4-10-30)61-41(70)27-59-45(74)35(12-7-21-58-52(55)56)62-44(73)34(54)18-19-42(71)72/h2-4,9-10,14-17,26,28-29,34-40,43,68-69H,5-8,11-13,18-25,27,53-54H2,1H3,(H,57,60)(H,59,74)(H,61,70)(H,62,73)(H,63,78)(H,64,76)(H,65,75)(H,66,77)(H,71,72)(H,80,81)(H4,55,56,58)/t29-,34+,35+,36+,37+,38+,39+,40+,43+/m1/s1. The Hall–Kier alpha value is -8.70. The Morgan fingerprint density at radius 2 is 1.33 bits per heavy atom. The fourth-order valence-corrected chi connectivity index (χ4v) is 8.67. The molecule has 1 aliphatic rings. The van der Waals surface area contributed by atoms with Gasteiger partial charge in [0.1, 0.15) is 48.0 Å². The van der Waals surface area contributed by atoms with Gasteiger partial charge in [0.2, 0.25) is 47.3 Å². The lowest BCUT2D eigenvalue weighted by atomic mass is 10.0. The van der Waals surface area contributed by atoms with Crippen LogP contribution in [0.15, 0.2) is 67.1 Å². The minimum Gasteiger partial charge on any atom is -0.508 e. The van der Waals surface area contributed by atoms with E-state index in [-0.39, 0.29) is 81.9 Å². The van der Waals surface area contributed by atoms with Gasteiger partial charge in [-0.05, 0) is 88.1 Å². The third kappa shape index (κ3) is 22.2. The number of aromatic hydroxyl groups is 1. The molecule has 0 bridgehead atoms. The van der Waals surface area contributed by atoms with Gasteiger partial charge in [-0.2, -0.15) is 0 Å². The molecule has 4 rings (SSSR count). The smallest absolute Gasteiger partial charge is 0.326 e. The van der Waals surface area contributed by atoms with Crippen LogP contribution in [0.3, 0.4) is 0 Å². The van der Waals surface area contributed by atoms with Crippen LogP contribution in [0.2, 0.25) is 0 Å². The zero-order valence-electron chi connectivity index (χ0n) is 44.9. The number of likely N-dealkylation sites (tertiary alicyclic amines) is 1. The Morgan fingerprint density at radius 1 is 0.728 bits per heavy atom. The summed E-state index contributed by atoms with van der Waals surface area (Å²) in [5, 5.41) is 67.6. The summed E-state index contributed by atoms with van der Waals surface area (Å²) in [5.41, 5.74) is 18.0. The number of nitrogens with one attached hydrogen (secondary N) is 10. The summed E-state index contributed by atoms with van der Waals surface area (Å²) < 4.78 is 0. The van der Waals surface area contributed by atoms with Crippen molar-refractivity contribution in [2.24, 2.45) is 17.2 Å². The molecule has 2 heterocycles. The highest BCUT2D eigenvalue weighted by Gasteiger charge is 2.41. The molecular formula is C52H75N15O14. The van der Waals surface area contributed by atoms with Crippen LogP contribution < -0.4 is 59.7 Å². The van der Waals surface area contributed by atoms with E-state index >= 15 is 0 Å². The largest absolute Gasteiger partial charge is 0.508 e. The molecule has 0 radical (unpaired) electrons. The lowest BCUT2D eigenvalue weighted by molar-refractivity contribution is -0.146. The second-order valence-corrected chi connectivity index (χ2v) is 19.5. The zero-order valence-corrected chi connectivity index (χ0v) is 44.9. The van der Waals surface area contributed by atoms with E-state index in [1.807, 2.05) is 0 Å². The number of aromatic amines is 1. The van der Waals surface area contributed by atoms with Gasteiger partial charge in [-0.15, -0.1) is 0 Å². The summed E-state index contributed by atoms with van der Waals surface area (Å²) in [6, 6.07) is 2.88. The van der Waals surface area contributed by atoms with Crippen molar-refractivity contribution in [1.82, 2.24) is 57.4 Å². The number of amides is 8. The first kappa shape index (κ1) is 64.8. The lowest BCUT2D eigenvalue weighted by Gasteiger charge is -2.31. The van der Waals surface area contributed by atoms with Gasteiger partial charge in [0.05, 0.1) is 30.7 Å². The predicted octanol–water partition coefficient (Wildman–Crippen LogP) is -3.79. The number of hydrogen-bond acceptors (Lipinski definition) is 16. The topological polar surface area (TPSA) is 482 Å². The Labute approximate surface area is 466 Å². The Bertz CT molecular complexity index is 2610. The van der Waals surface area contributed by atoms with Crippen molar-refractivity contribution >= 4 is 65.2 Å². The van der Waals surface area contributed by atoms with Crippen molar-refractivity contribution < 1.29 is 68.4 Å². The number of hydrogen-bond donors (Lipinski definition) is 17. The van der Waals surface area contributed by atoms with E-state index < -0.39 is 127 Å². The number of rotatable bonds is 34. The molecule has 20 N–H and O–H groups in total. The number of carboxylic acid groups (broad SMARTS) is 2. The van der Waals surface area contributed by atoms with Crippen molar-refractivity contribution in [1.29, 1.82) is 5.41 Å². The summed E-state index contributed by atoms with van der Waals surface area (Å²) in [6.07, 6.45) is 1.53. The second-order valence-electron chi connectivity index (χ2n) is 19.5. The Kier molecular flexibility index (Phi) is 26.4. The molecule has 3 aromatic rings. The summed E-state index contributed by atoms with van der Waals surface area (Å²) in [4.78, 5) is 142. The molecule has 0 saturated carbocycles. The van der Waals surface area contributed by atoms with Crippen LogP contribution in [0.25, 0.3) is 0 Å². The van der Waals surface area contributed by atoms with Gasteiger partial charge < -0.3 is 90.0 Å². The fourth-order valence-electron chi connectivity index (χ4n) is 8.67. The number of carboxylic acids is 2. The van der Waals surface area contributed by atoms with Gasteiger partial charge in [-0.1, -0.05) is 42.5 Å². The number of aliphatic carboxylic acids is 2. The molecule has 29 heteroatoms. The van der Waals surface area contributed by atoms with Crippen LogP contribution in [0, 0.1) is 5.41 Å². The molecule has 2 aromatic carbocycles. The SMILES string of the molecule is C[C@@H](O)[C@H](NC(=O)[C@H](Cc1ccc(O)cc1)NC(=O)[C@H](Cc1c[nH]cn1)NC(=O)[C@H](Cc1ccccc1)NC(=O)CNC(=O)[C@H](CCCNC(=N)N)NC(=O)[C@@H](N)CCC(=O)O)C(=O)N1CCC[C@H]1C(=O)N[C@@H](CCCCN)C(=O)O. The number of imidazole rings is 1. The van der Waals surface area contributed by atoms with Gasteiger partial charge in [0, 0.05) is 45.0 Å². The zero-order chi connectivity index (χ0) is 59.6. The van der Waals surface area contributed by atoms with Crippen LogP contribution >= 0.6 is 0 Å². The number of nitrogens with zero attached hydrogens (tertiary/aromatic N) is 2. The molecule has 0 spiro atoms. The van der Waals surface area contributed by atoms with Crippen LogP contribution in [-0.2, 0) is 67.2 Å². The van der Waals surface area contributed by atoms with E-state index in [0.29, 0.717) is 36.9 Å². The van der Waals surface area contributed by atoms with E-state index in [1.54, 1.807) is 30.3 Å². The van der Waals surface area contributed by atoms with Crippen molar-refractivity contribution in [3.8, 4) is 5.75 Å². The van der Waals surface area contributed by atoms with Crippen LogP contribution in [0.4, 0.5) is 0 Å². The first-order valence-corrected chi connectivity index (χ1v) is 26.4. The molecule has 1 aliphatic heterocycles. The first-order chi connectivity index (χ1) is 38.6.